The first kappa shape index (κ1) is 28.9. The van der Waals surface area contributed by atoms with Gasteiger partial charge in [-0.05, 0) is 66.1 Å². The molecule has 4 aromatic rings. The van der Waals surface area contributed by atoms with E-state index in [-0.39, 0.29) is 54.0 Å². The summed E-state index contributed by atoms with van der Waals surface area (Å²) in [5.41, 5.74) is 6.48. The standard InChI is InChI=1S/C30H32F3N7O3/c1-16-8-17(9-23(34)27(16)39(2)29(41)42-3)20-6-7-35-13-25(20)37-28-36-12-19-4-5-24(38-40(19)28)26-21(31)10-18(11-22(26)32)30(33)14-43-15-30/h4-7,10-13,16-17,23,27H,8-9,14-15,34H2,1-3H3,(H,36,37)/t16-,17+,23+,27-/m0/s1. The average Bonchev–Trinajstić information content (AvgIpc) is 3.36. The van der Waals surface area contributed by atoms with E-state index in [2.05, 4.69) is 27.3 Å². The molecule has 0 radical (unpaired) electrons. The summed E-state index contributed by atoms with van der Waals surface area (Å²) in [4.78, 5) is 22.5. The minimum Gasteiger partial charge on any atom is -0.453 e. The number of halogens is 3. The highest BCUT2D eigenvalue weighted by molar-refractivity contribution is 5.68. The molecule has 1 amide bonds. The number of likely N-dealkylation sites (N-methyl/N-ethyl adjacent to an activating group) is 1. The molecule has 226 valence electrons. The number of aromatic nitrogens is 4. The number of imidazole rings is 1. The summed E-state index contributed by atoms with van der Waals surface area (Å²) in [6.07, 6.45) is 5.93. The van der Waals surface area contributed by atoms with Crippen molar-refractivity contribution in [2.24, 2.45) is 11.7 Å². The number of methoxy groups -OCH3 is 1. The Hall–Kier alpha value is -4.23. The van der Waals surface area contributed by atoms with Gasteiger partial charge in [0.1, 0.15) is 11.6 Å². The Balaban J connectivity index is 1.28. The van der Waals surface area contributed by atoms with Gasteiger partial charge in [0.25, 0.3) is 0 Å². The van der Waals surface area contributed by atoms with Crippen LogP contribution in [-0.4, -0.2) is 70.0 Å². The smallest absolute Gasteiger partial charge is 0.409 e. The van der Waals surface area contributed by atoms with E-state index < -0.39 is 23.4 Å². The number of nitrogens with two attached hydrogens (primary N) is 1. The number of nitrogens with one attached hydrogen (secondary N) is 1. The fourth-order valence-corrected chi connectivity index (χ4v) is 6.38. The van der Waals surface area contributed by atoms with Crippen molar-refractivity contribution in [2.75, 3.05) is 32.7 Å². The van der Waals surface area contributed by atoms with Crippen molar-refractivity contribution < 1.29 is 27.4 Å². The number of hydrogen-bond acceptors (Lipinski definition) is 8. The Morgan fingerprint density at radius 1 is 1.19 bits per heavy atom. The van der Waals surface area contributed by atoms with Gasteiger partial charge in [0.2, 0.25) is 5.95 Å². The van der Waals surface area contributed by atoms with Gasteiger partial charge in [0, 0.05) is 19.3 Å². The largest absolute Gasteiger partial charge is 0.453 e. The second kappa shape index (κ2) is 11.1. The lowest BCUT2D eigenvalue weighted by Gasteiger charge is -2.43. The Morgan fingerprint density at radius 2 is 1.93 bits per heavy atom. The number of nitrogens with zero attached hydrogens (tertiary/aromatic N) is 5. The molecule has 4 heterocycles. The molecule has 0 bridgehead atoms. The fourth-order valence-electron chi connectivity index (χ4n) is 6.38. The summed E-state index contributed by atoms with van der Waals surface area (Å²) in [7, 11) is 3.05. The summed E-state index contributed by atoms with van der Waals surface area (Å²) in [5.74, 6) is -1.37. The summed E-state index contributed by atoms with van der Waals surface area (Å²) in [5, 5.41) is 7.76. The molecular weight excluding hydrogens is 563 g/mol. The molecule has 0 unspecified atom stereocenters. The molecule has 1 saturated heterocycles. The molecule has 1 saturated carbocycles. The molecule has 3 N–H and O–H groups in total. The minimum atomic E-state index is -1.90. The topological polar surface area (TPSA) is 120 Å². The summed E-state index contributed by atoms with van der Waals surface area (Å²) in [6.45, 7) is 1.58. The van der Waals surface area contributed by atoms with Crippen LogP contribution in [0, 0.1) is 17.6 Å². The number of benzene rings is 1. The third kappa shape index (κ3) is 5.16. The number of ether oxygens (including phenoxy) is 2. The van der Waals surface area contributed by atoms with Crippen molar-refractivity contribution in [3.63, 3.8) is 0 Å². The van der Waals surface area contributed by atoms with E-state index in [0.717, 1.165) is 24.1 Å². The van der Waals surface area contributed by atoms with Crippen LogP contribution in [0.3, 0.4) is 0 Å². The number of hydrogen-bond donors (Lipinski definition) is 2. The van der Waals surface area contributed by atoms with Crippen LogP contribution in [-0.2, 0) is 15.1 Å². The zero-order valence-corrected chi connectivity index (χ0v) is 23.9. The van der Waals surface area contributed by atoms with Gasteiger partial charge in [-0.15, -0.1) is 0 Å². The Bertz CT molecular complexity index is 1640. The first-order valence-corrected chi connectivity index (χ1v) is 14.0. The molecule has 10 nitrogen and oxygen atoms in total. The maximum atomic E-state index is 15.1. The Kier molecular flexibility index (Phi) is 7.46. The van der Waals surface area contributed by atoms with Gasteiger partial charge < -0.3 is 25.4 Å². The van der Waals surface area contributed by atoms with Gasteiger partial charge in [0.05, 0.1) is 61.2 Å². The van der Waals surface area contributed by atoms with E-state index in [1.54, 1.807) is 36.6 Å². The van der Waals surface area contributed by atoms with Crippen LogP contribution >= 0.6 is 0 Å². The molecule has 2 aliphatic rings. The first-order valence-electron chi connectivity index (χ1n) is 14.0. The van der Waals surface area contributed by atoms with Crippen LogP contribution in [0.25, 0.3) is 16.8 Å². The van der Waals surface area contributed by atoms with Gasteiger partial charge in [0.15, 0.2) is 5.67 Å². The van der Waals surface area contributed by atoms with E-state index in [0.29, 0.717) is 23.6 Å². The van der Waals surface area contributed by atoms with Crippen molar-refractivity contribution >= 4 is 23.2 Å². The summed E-state index contributed by atoms with van der Waals surface area (Å²) in [6, 6.07) is 6.58. The summed E-state index contributed by atoms with van der Waals surface area (Å²) < 4.78 is 56.3. The number of alkyl halides is 1. The van der Waals surface area contributed by atoms with Crippen LogP contribution in [0.5, 0.6) is 0 Å². The lowest BCUT2D eigenvalue weighted by molar-refractivity contribution is -0.135. The highest BCUT2D eigenvalue weighted by Crippen LogP contribution is 2.41. The normalized spacial score (nSPS) is 23.0. The lowest BCUT2D eigenvalue weighted by atomic mass is 9.73. The average molecular weight is 596 g/mol. The van der Waals surface area contributed by atoms with Crippen molar-refractivity contribution in [3.05, 3.63) is 71.7 Å². The number of carbonyl (C=O) groups is 1. The van der Waals surface area contributed by atoms with Crippen molar-refractivity contribution in [1.82, 2.24) is 24.5 Å². The minimum absolute atomic E-state index is 0.0205. The molecule has 3 aromatic heterocycles. The molecule has 0 spiro atoms. The van der Waals surface area contributed by atoms with Crippen LogP contribution in [0.15, 0.2) is 48.9 Å². The van der Waals surface area contributed by atoms with Crippen LogP contribution < -0.4 is 11.1 Å². The van der Waals surface area contributed by atoms with Gasteiger partial charge in [-0.25, -0.2) is 22.9 Å². The molecular formula is C30H32F3N7O3. The Labute approximate surface area is 246 Å². The van der Waals surface area contributed by atoms with Crippen LogP contribution in [0.2, 0.25) is 0 Å². The molecule has 43 heavy (non-hydrogen) atoms. The van der Waals surface area contributed by atoms with Gasteiger partial charge in [-0.1, -0.05) is 6.92 Å². The van der Waals surface area contributed by atoms with Crippen molar-refractivity contribution in [3.8, 4) is 11.3 Å². The molecule has 1 aliphatic carbocycles. The van der Waals surface area contributed by atoms with Crippen molar-refractivity contribution in [1.29, 1.82) is 0 Å². The molecule has 4 atom stereocenters. The number of carbonyl (C=O) groups excluding carboxylic acids is 1. The third-order valence-electron chi connectivity index (χ3n) is 8.55. The summed E-state index contributed by atoms with van der Waals surface area (Å²) >= 11 is 0. The highest BCUT2D eigenvalue weighted by Gasteiger charge is 2.42. The maximum absolute atomic E-state index is 15.1. The monoisotopic (exact) mass is 595 g/mol. The molecule has 1 aliphatic heterocycles. The Morgan fingerprint density at radius 3 is 2.58 bits per heavy atom. The van der Waals surface area contributed by atoms with E-state index >= 15 is 8.78 Å². The molecule has 2 fully saturated rings. The van der Waals surface area contributed by atoms with E-state index in [1.807, 2.05) is 6.07 Å². The zero-order valence-electron chi connectivity index (χ0n) is 23.9. The number of pyridine rings is 1. The predicted molar refractivity (Wildman–Crippen MR) is 153 cm³/mol. The van der Waals surface area contributed by atoms with Gasteiger partial charge in [-0.2, -0.15) is 9.61 Å². The zero-order chi connectivity index (χ0) is 30.5. The number of anilines is 2. The maximum Gasteiger partial charge on any atom is 0.409 e. The lowest BCUT2D eigenvalue weighted by Crippen LogP contribution is -2.55. The van der Waals surface area contributed by atoms with Crippen LogP contribution in [0.4, 0.5) is 29.6 Å². The second-order valence-corrected chi connectivity index (χ2v) is 11.4. The molecule has 6 rings (SSSR count). The van der Waals surface area contributed by atoms with Crippen LogP contribution in [0.1, 0.15) is 36.8 Å². The predicted octanol–water partition coefficient (Wildman–Crippen LogP) is 4.92. The molecule has 1 aromatic carbocycles. The van der Waals surface area contributed by atoms with Crippen molar-refractivity contribution in [2.45, 2.75) is 43.4 Å². The number of amides is 1. The SMILES string of the molecule is COC(=O)N(C)[C@@H]1[C@H](N)C[C@H](c2ccncc2Nc2ncc3ccc(-c4c(F)cc(C5(F)COC5)cc4F)nn23)C[C@@H]1C. The fraction of sp³-hybridized carbons (Fsp3) is 0.400. The number of rotatable bonds is 6. The number of fused-ring (bicyclic) bond motifs is 1. The van der Waals surface area contributed by atoms with E-state index in [9.17, 15) is 9.18 Å². The second-order valence-electron chi connectivity index (χ2n) is 11.4. The van der Waals surface area contributed by atoms with Gasteiger partial charge >= 0.3 is 6.09 Å². The van der Waals surface area contributed by atoms with E-state index in [4.69, 9.17) is 15.2 Å². The van der Waals surface area contributed by atoms with Gasteiger partial charge in [-0.3, -0.25) is 4.98 Å². The molecule has 13 heteroatoms. The third-order valence-corrected chi connectivity index (χ3v) is 8.55. The van der Waals surface area contributed by atoms with E-state index in [1.165, 1.54) is 17.7 Å². The quantitative estimate of drug-likeness (QED) is 0.323. The highest BCUT2D eigenvalue weighted by atomic mass is 19.1. The first-order chi connectivity index (χ1) is 20.6.